The predicted octanol–water partition coefficient (Wildman–Crippen LogP) is 2.55. The van der Waals surface area contributed by atoms with Crippen LogP contribution in [0.15, 0.2) is 69.8 Å². The Morgan fingerprint density at radius 1 is 1.00 bits per heavy atom. The van der Waals surface area contributed by atoms with Crippen LogP contribution in [0.3, 0.4) is 0 Å². The molecule has 2 atom stereocenters. The average Bonchev–Trinajstić information content (AvgIpc) is 3.71. The Morgan fingerprint density at radius 2 is 1.81 bits per heavy atom. The van der Waals surface area contributed by atoms with Gasteiger partial charge in [-0.15, -0.1) is 0 Å². The van der Waals surface area contributed by atoms with Gasteiger partial charge >= 0.3 is 0 Å². The number of nitrogens with one attached hydrogen (secondary N) is 4. The van der Waals surface area contributed by atoms with Crippen LogP contribution >= 0.6 is 0 Å². The molecule has 3 aliphatic rings. The number of hydrogen-bond acceptors (Lipinski definition) is 11. The van der Waals surface area contributed by atoms with Crippen molar-refractivity contribution in [2.45, 2.75) is 57.7 Å². The van der Waals surface area contributed by atoms with Gasteiger partial charge in [0.25, 0.3) is 22.7 Å². The van der Waals surface area contributed by atoms with Gasteiger partial charge in [-0.2, -0.15) is 4.99 Å². The Hall–Kier alpha value is -5.85. The molecule has 47 heavy (non-hydrogen) atoms. The predicted molar refractivity (Wildman–Crippen MR) is 174 cm³/mol. The summed E-state index contributed by atoms with van der Waals surface area (Å²) in [6, 6.07) is 10.9. The fourth-order valence-corrected chi connectivity index (χ4v) is 6.63. The van der Waals surface area contributed by atoms with Gasteiger partial charge in [-0.1, -0.05) is 30.3 Å². The highest BCUT2D eigenvalue weighted by Gasteiger charge is 2.29. The lowest BCUT2D eigenvalue weighted by Gasteiger charge is -2.28. The van der Waals surface area contributed by atoms with Gasteiger partial charge in [-0.05, 0) is 79.0 Å². The number of carbonyl (C=O) groups excluding carboxylic acids is 2. The minimum Gasteiger partial charge on any atom is -0.394 e. The fraction of sp³-hybridized carbons (Fsp3) is 0.265. The van der Waals surface area contributed by atoms with Crippen LogP contribution in [0, 0.1) is 6.92 Å². The summed E-state index contributed by atoms with van der Waals surface area (Å²) in [7, 11) is 0. The number of amidine groups is 1. The maximum absolute atomic E-state index is 13.2. The van der Waals surface area contributed by atoms with Crippen LogP contribution in [-0.2, 0) is 24.2 Å². The zero-order valence-corrected chi connectivity index (χ0v) is 25.6. The number of nitrogens with zero attached hydrogens (tertiary/aromatic N) is 3. The smallest absolute Gasteiger partial charge is 0.270 e. The number of hydroxylamine groups is 1. The largest absolute Gasteiger partial charge is 0.394 e. The normalized spacial score (nSPS) is 18.1. The van der Waals surface area contributed by atoms with Crippen molar-refractivity contribution in [2.75, 3.05) is 11.1 Å². The molecule has 0 radical (unpaired) electrons. The molecule has 2 aliphatic carbocycles. The summed E-state index contributed by atoms with van der Waals surface area (Å²) >= 11 is 0. The molecule has 2 heterocycles. The van der Waals surface area contributed by atoms with Gasteiger partial charge in [0.05, 0.1) is 12.1 Å². The second kappa shape index (κ2) is 11.8. The molecule has 0 saturated carbocycles. The Balaban J connectivity index is 1.00. The quantitative estimate of drug-likeness (QED) is 0.181. The van der Waals surface area contributed by atoms with E-state index in [1.54, 1.807) is 0 Å². The molecule has 4 aromatic rings. The van der Waals surface area contributed by atoms with Crippen LogP contribution < -0.4 is 38.0 Å². The number of amides is 2. The molecule has 6 N–H and O–H groups in total. The van der Waals surface area contributed by atoms with E-state index in [0.717, 1.165) is 71.0 Å². The lowest BCUT2D eigenvalue weighted by molar-refractivity contribution is 0.0931. The van der Waals surface area contributed by atoms with Crippen molar-refractivity contribution >= 4 is 29.0 Å². The zero-order valence-electron chi connectivity index (χ0n) is 25.6. The van der Waals surface area contributed by atoms with Crippen LogP contribution in [-0.4, -0.2) is 27.6 Å². The summed E-state index contributed by atoms with van der Waals surface area (Å²) in [5, 5.41) is 9.08. The van der Waals surface area contributed by atoms with Gasteiger partial charge in [0, 0.05) is 18.2 Å². The third-order valence-corrected chi connectivity index (χ3v) is 9.13. The van der Waals surface area contributed by atoms with E-state index in [0.29, 0.717) is 11.7 Å². The summed E-state index contributed by atoms with van der Waals surface area (Å²) in [6.45, 7) is 5.94. The molecule has 0 bridgehead atoms. The van der Waals surface area contributed by atoms with Crippen molar-refractivity contribution in [3.63, 3.8) is 0 Å². The lowest BCUT2D eigenvalue weighted by Crippen LogP contribution is -2.38. The minimum atomic E-state index is -0.657. The van der Waals surface area contributed by atoms with Crippen molar-refractivity contribution in [3.05, 3.63) is 126 Å². The molecule has 1 unspecified atom stereocenters. The van der Waals surface area contributed by atoms with Crippen molar-refractivity contribution in [3.8, 4) is 0 Å². The number of nitrogens with two attached hydrogens (primary N) is 1. The summed E-state index contributed by atoms with van der Waals surface area (Å²) in [5.74, 6) is 0.0561. The van der Waals surface area contributed by atoms with Crippen LogP contribution in [0.25, 0.3) is 0 Å². The van der Waals surface area contributed by atoms with Gasteiger partial charge in [0.2, 0.25) is 5.88 Å². The topological polar surface area (TPSA) is 190 Å². The highest BCUT2D eigenvalue weighted by atomic mass is 16.7. The molecule has 2 amide bonds. The molecule has 238 valence electrons. The number of carbonyl (C=O) groups is 2. The highest BCUT2D eigenvalue weighted by Crippen LogP contribution is 2.36. The van der Waals surface area contributed by atoms with Gasteiger partial charge in [-0.3, -0.25) is 19.2 Å². The zero-order chi connectivity index (χ0) is 32.8. The SMILES string of the molecule is C=C1N=C(c2ccc3c(c2C)CC[C@@H]3NC(=O)c2cc(C(=O)NCc3ccc4c(c3)C(Nc3c(N)c(=O)c3=O)CCC4)ncn2)NO1. The summed E-state index contributed by atoms with van der Waals surface area (Å²) in [6.07, 6.45) is 5.31. The number of nitrogen functional groups attached to an aromatic ring is 1. The number of anilines is 2. The minimum absolute atomic E-state index is 0.0311. The van der Waals surface area contributed by atoms with E-state index in [-0.39, 0.29) is 41.4 Å². The van der Waals surface area contributed by atoms with E-state index in [4.69, 9.17) is 10.6 Å². The standard InChI is InChI=1S/C34H32N8O5/c1-16-20-10-11-25(22(20)9-8-21(16)32-39-17(2)47-42-32)41-34(46)27-13-26(37-15-38-27)33(45)36-14-18-6-7-19-4-3-5-24(23(19)12-18)40-29-28(35)30(43)31(29)44/h6-9,12-13,15,24-25,40H,2-5,10-11,14,35H2,1H3,(H,36,45)(H,39,42)(H,41,46)/t24?,25-/m0/s1. The molecule has 3 aromatic carbocycles. The van der Waals surface area contributed by atoms with E-state index in [2.05, 4.69) is 43.0 Å². The number of rotatable bonds is 8. The van der Waals surface area contributed by atoms with Crippen molar-refractivity contribution in [2.24, 2.45) is 4.99 Å². The maximum atomic E-state index is 13.2. The van der Waals surface area contributed by atoms with E-state index < -0.39 is 22.7 Å². The Labute approximate surface area is 269 Å². The third kappa shape index (κ3) is 5.49. The molecule has 1 aliphatic heterocycles. The molecule has 13 heteroatoms. The number of aliphatic imine (C=N–C) groups is 1. The van der Waals surface area contributed by atoms with Gasteiger partial charge in [-0.25, -0.2) is 15.4 Å². The fourth-order valence-electron chi connectivity index (χ4n) is 6.63. The van der Waals surface area contributed by atoms with Crippen LogP contribution in [0.5, 0.6) is 0 Å². The molecule has 7 rings (SSSR count). The van der Waals surface area contributed by atoms with E-state index in [1.807, 2.05) is 37.3 Å². The second-order valence-electron chi connectivity index (χ2n) is 12.0. The Kier molecular flexibility index (Phi) is 7.51. The van der Waals surface area contributed by atoms with E-state index in [1.165, 1.54) is 12.4 Å². The molecule has 0 saturated heterocycles. The van der Waals surface area contributed by atoms with Crippen molar-refractivity contribution in [1.29, 1.82) is 0 Å². The number of benzene rings is 2. The highest BCUT2D eigenvalue weighted by molar-refractivity contribution is 6.01. The van der Waals surface area contributed by atoms with Gasteiger partial charge in [0.1, 0.15) is 29.1 Å². The van der Waals surface area contributed by atoms with Gasteiger partial charge < -0.3 is 26.5 Å². The summed E-state index contributed by atoms with van der Waals surface area (Å²) in [5.41, 5.74) is 14.7. The number of aromatic nitrogens is 2. The molecule has 0 fully saturated rings. The molecular weight excluding hydrogens is 600 g/mol. The Morgan fingerprint density at radius 3 is 2.57 bits per heavy atom. The number of hydrogen-bond donors (Lipinski definition) is 5. The van der Waals surface area contributed by atoms with Crippen LogP contribution in [0.2, 0.25) is 0 Å². The van der Waals surface area contributed by atoms with Crippen LogP contribution in [0.1, 0.15) is 91.3 Å². The first kappa shape index (κ1) is 29.8. The molecular formula is C34H32N8O5. The lowest BCUT2D eigenvalue weighted by atomic mass is 9.86. The molecule has 13 nitrogen and oxygen atoms in total. The first-order chi connectivity index (χ1) is 22.7. The van der Waals surface area contributed by atoms with Crippen molar-refractivity contribution < 1.29 is 14.4 Å². The number of fused-ring (bicyclic) bond motifs is 2. The third-order valence-electron chi connectivity index (χ3n) is 9.13. The van der Waals surface area contributed by atoms with Crippen LogP contribution in [0.4, 0.5) is 11.4 Å². The molecule has 1 aromatic heterocycles. The molecule has 0 spiro atoms. The summed E-state index contributed by atoms with van der Waals surface area (Å²) in [4.78, 5) is 67.5. The number of aryl methyl sites for hydroxylation is 1. The maximum Gasteiger partial charge on any atom is 0.270 e. The van der Waals surface area contributed by atoms with Gasteiger partial charge in [0.15, 0.2) is 5.84 Å². The van der Waals surface area contributed by atoms with E-state index >= 15 is 0 Å². The van der Waals surface area contributed by atoms with Crippen molar-refractivity contribution in [1.82, 2.24) is 26.1 Å². The van der Waals surface area contributed by atoms with E-state index in [9.17, 15) is 19.2 Å². The average molecular weight is 633 g/mol. The second-order valence-corrected chi connectivity index (χ2v) is 12.0. The summed E-state index contributed by atoms with van der Waals surface area (Å²) < 4.78 is 0. The monoisotopic (exact) mass is 632 g/mol. The first-order valence-electron chi connectivity index (χ1n) is 15.4. The Bertz CT molecular complexity index is 2080. The first-order valence-corrected chi connectivity index (χ1v) is 15.4.